The van der Waals surface area contributed by atoms with Crippen LogP contribution in [0.2, 0.25) is 0 Å². The molecule has 0 aromatic carbocycles. The molecule has 1 heterocycles. The topological polar surface area (TPSA) is 129 Å². The summed E-state index contributed by atoms with van der Waals surface area (Å²) in [5.41, 5.74) is -2.46. The molecule has 3 aliphatic rings. The van der Waals surface area contributed by atoms with E-state index < -0.39 is 28.9 Å². The van der Waals surface area contributed by atoms with E-state index in [9.17, 15) is 24.0 Å². The summed E-state index contributed by atoms with van der Waals surface area (Å²) in [5.74, 6) is -1.44. The predicted octanol–water partition coefficient (Wildman–Crippen LogP) is 3.54. The fourth-order valence-corrected chi connectivity index (χ4v) is 7.14. The summed E-state index contributed by atoms with van der Waals surface area (Å²) in [6, 6.07) is -1.33. The first kappa shape index (κ1) is 26.6. The molecular formula is C25H35N5O5. The molecule has 10 heteroatoms. The molecule has 190 valence electrons. The number of isocyanates is 2. The van der Waals surface area contributed by atoms with Crippen molar-refractivity contribution < 1.29 is 24.0 Å². The lowest BCUT2D eigenvalue weighted by Crippen LogP contribution is -2.59. The van der Waals surface area contributed by atoms with Gasteiger partial charge in [-0.3, -0.25) is 19.4 Å². The van der Waals surface area contributed by atoms with E-state index in [-0.39, 0.29) is 28.7 Å². The van der Waals surface area contributed by atoms with Crippen LogP contribution in [0.5, 0.6) is 0 Å². The zero-order valence-corrected chi connectivity index (χ0v) is 21.7. The number of carbonyl (C=O) groups excluding carboxylic acids is 5. The van der Waals surface area contributed by atoms with E-state index in [4.69, 9.17) is 0 Å². The molecule has 4 amide bonds. The molecule has 1 saturated heterocycles. The predicted molar refractivity (Wildman–Crippen MR) is 128 cm³/mol. The molecule has 0 N–H and O–H groups in total. The summed E-state index contributed by atoms with van der Waals surface area (Å²) in [6.07, 6.45) is 6.17. The number of amidine groups is 1. The summed E-state index contributed by atoms with van der Waals surface area (Å²) in [6.45, 7) is 13.0. The second-order valence-corrected chi connectivity index (χ2v) is 12.5. The fraction of sp³-hybridized carbons (Fsp3) is 0.760. The first-order valence-electron chi connectivity index (χ1n) is 12.0. The number of hydrogen-bond acceptors (Lipinski definition) is 7. The standard InChI is InChI=1S/C25H35N5O5/c1-16(33)28-19-20(34)30(25(7)11-18(27-15-32)9-23(4,5)13-25)21(35)29(19)24(6)10-17(26-14-31)8-22(2,3)12-24/h17-18H,8-13H2,1-7H3/t17-,18-,24-,25-/m0/s1. The highest BCUT2D eigenvalue weighted by Crippen LogP contribution is 2.50. The highest BCUT2D eigenvalue weighted by Gasteiger charge is 2.60. The van der Waals surface area contributed by atoms with Gasteiger partial charge in [-0.2, -0.15) is 4.99 Å². The van der Waals surface area contributed by atoms with Crippen LogP contribution in [0.15, 0.2) is 15.0 Å². The van der Waals surface area contributed by atoms with E-state index in [1.807, 2.05) is 41.5 Å². The van der Waals surface area contributed by atoms with E-state index in [2.05, 4.69) is 15.0 Å². The molecule has 35 heavy (non-hydrogen) atoms. The average Bonchev–Trinajstić information content (AvgIpc) is 2.89. The van der Waals surface area contributed by atoms with Gasteiger partial charge in [0.1, 0.15) is 0 Å². The Morgan fingerprint density at radius 2 is 1.23 bits per heavy atom. The lowest BCUT2D eigenvalue weighted by atomic mass is 9.66. The monoisotopic (exact) mass is 485 g/mol. The van der Waals surface area contributed by atoms with E-state index in [0.29, 0.717) is 38.5 Å². The Morgan fingerprint density at radius 1 is 0.800 bits per heavy atom. The SMILES string of the molecule is CC(=O)N=C1C(=O)N([C@@]2(C)C[C@@H](N=C=O)CC(C)(C)C2)C(=O)N1[C@@]1(C)C[C@@H](N=C=O)CC(C)(C)C1. The van der Waals surface area contributed by atoms with Crippen molar-refractivity contribution >= 4 is 35.8 Å². The number of rotatable bonds is 4. The number of aliphatic imine (C=N–C) groups is 3. The summed E-state index contributed by atoms with van der Waals surface area (Å²) < 4.78 is 0. The van der Waals surface area contributed by atoms with Crippen molar-refractivity contribution in [3.8, 4) is 0 Å². The zero-order valence-electron chi connectivity index (χ0n) is 21.7. The number of hydrogen-bond donors (Lipinski definition) is 0. The molecule has 1 aliphatic heterocycles. The van der Waals surface area contributed by atoms with Crippen LogP contribution < -0.4 is 0 Å². The average molecular weight is 486 g/mol. The molecule has 3 rings (SSSR count). The Balaban J connectivity index is 2.12. The van der Waals surface area contributed by atoms with E-state index in [1.165, 1.54) is 16.7 Å². The minimum atomic E-state index is -0.950. The van der Waals surface area contributed by atoms with Gasteiger partial charge in [-0.05, 0) is 63.2 Å². The third-order valence-electron chi connectivity index (χ3n) is 7.45. The zero-order chi connectivity index (χ0) is 26.4. The van der Waals surface area contributed by atoms with Gasteiger partial charge in [0, 0.05) is 6.92 Å². The van der Waals surface area contributed by atoms with Crippen molar-refractivity contribution in [1.29, 1.82) is 0 Å². The third kappa shape index (κ3) is 5.19. The smallest absolute Gasteiger partial charge is 0.273 e. The Bertz CT molecular complexity index is 1070. The summed E-state index contributed by atoms with van der Waals surface area (Å²) in [4.78, 5) is 76.4. The maximum absolute atomic E-state index is 14.1. The van der Waals surface area contributed by atoms with Gasteiger partial charge in [-0.25, -0.2) is 24.4 Å². The van der Waals surface area contributed by atoms with Crippen LogP contribution in [0.4, 0.5) is 4.79 Å². The molecule has 10 nitrogen and oxygen atoms in total. The third-order valence-corrected chi connectivity index (χ3v) is 7.45. The molecule has 2 aliphatic carbocycles. The van der Waals surface area contributed by atoms with Crippen molar-refractivity contribution in [3.63, 3.8) is 0 Å². The van der Waals surface area contributed by atoms with E-state index in [1.54, 1.807) is 12.2 Å². The number of carbonyl (C=O) groups is 3. The number of nitrogens with zero attached hydrogens (tertiary/aromatic N) is 5. The Hall–Kier alpha value is -2.96. The lowest BCUT2D eigenvalue weighted by Gasteiger charge is -2.50. The van der Waals surface area contributed by atoms with Crippen LogP contribution >= 0.6 is 0 Å². The molecule has 0 aromatic heterocycles. The van der Waals surface area contributed by atoms with Gasteiger partial charge in [0.05, 0.1) is 23.2 Å². The number of imide groups is 1. The molecule has 0 spiro atoms. The summed E-state index contributed by atoms with van der Waals surface area (Å²) >= 11 is 0. The van der Waals surface area contributed by atoms with Crippen molar-refractivity contribution in [3.05, 3.63) is 0 Å². The van der Waals surface area contributed by atoms with Crippen LogP contribution in [0, 0.1) is 10.8 Å². The van der Waals surface area contributed by atoms with Crippen molar-refractivity contribution in [2.75, 3.05) is 0 Å². The second-order valence-electron chi connectivity index (χ2n) is 12.5. The molecule has 4 atom stereocenters. The molecule has 3 fully saturated rings. The highest BCUT2D eigenvalue weighted by molar-refractivity contribution is 6.48. The van der Waals surface area contributed by atoms with Crippen LogP contribution in [0.25, 0.3) is 0 Å². The number of amides is 4. The minimum Gasteiger partial charge on any atom is -0.273 e. The van der Waals surface area contributed by atoms with Gasteiger partial charge in [-0.1, -0.05) is 27.7 Å². The molecule has 0 aromatic rings. The first-order valence-corrected chi connectivity index (χ1v) is 12.0. The molecule has 0 unspecified atom stereocenters. The Morgan fingerprint density at radius 3 is 1.63 bits per heavy atom. The first-order chi connectivity index (χ1) is 16.1. The van der Waals surface area contributed by atoms with Crippen molar-refractivity contribution in [2.45, 2.75) is 110 Å². The molecule has 0 radical (unpaired) electrons. The fourth-order valence-electron chi connectivity index (χ4n) is 7.14. The van der Waals surface area contributed by atoms with Crippen LogP contribution in [-0.2, 0) is 19.2 Å². The van der Waals surface area contributed by atoms with Gasteiger partial charge < -0.3 is 0 Å². The Labute approximate surface area is 205 Å². The van der Waals surface area contributed by atoms with Gasteiger partial charge in [0.15, 0.2) is 0 Å². The van der Waals surface area contributed by atoms with Gasteiger partial charge in [0.2, 0.25) is 23.9 Å². The van der Waals surface area contributed by atoms with Crippen molar-refractivity contribution in [2.24, 2.45) is 25.8 Å². The highest BCUT2D eigenvalue weighted by atomic mass is 16.2. The van der Waals surface area contributed by atoms with Crippen LogP contribution in [0.3, 0.4) is 0 Å². The van der Waals surface area contributed by atoms with Gasteiger partial charge >= 0.3 is 6.03 Å². The normalized spacial score (nSPS) is 35.5. The quantitative estimate of drug-likeness (QED) is 0.342. The van der Waals surface area contributed by atoms with E-state index >= 15 is 0 Å². The summed E-state index contributed by atoms with van der Waals surface area (Å²) in [7, 11) is 0. The van der Waals surface area contributed by atoms with Crippen LogP contribution in [-0.4, -0.2) is 68.8 Å². The van der Waals surface area contributed by atoms with Gasteiger partial charge in [0.25, 0.3) is 5.91 Å². The van der Waals surface area contributed by atoms with Crippen molar-refractivity contribution in [1.82, 2.24) is 9.80 Å². The largest absolute Gasteiger partial charge is 0.333 e. The molecule has 2 saturated carbocycles. The maximum Gasteiger partial charge on any atom is 0.333 e. The minimum absolute atomic E-state index is 0.212. The lowest BCUT2D eigenvalue weighted by molar-refractivity contribution is -0.127. The van der Waals surface area contributed by atoms with Crippen LogP contribution in [0.1, 0.15) is 87.0 Å². The molecule has 0 bridgehead atoms. The van der Waals surface area contributed by atoms with Gasteiger partial charge in [-0.15, -0.1) is 0 Å². The Kier molecular flexibility index (Phi) is 6.79. The molecular weight excluding hydrogens is 450 g/mol. The summed E-state index contributed by atoms with van der Waals surface area (Å²) in [5, 5.41) is 0. The number of urea groups is 1. The maximum atomic E-state index is 14.1. The second kappa shape index (κ2) is 8.92. The van der Waals surface area contributed by atoms with E-state index in [0.717, 1.165) is 0 Å².